The maximum Gasteiger partial charge on any atom is 0.273 e. The van der Waals surface area contributed by atoms with E-state index >= 15 is 0 Å². The molecule has 36 heavy (non-hydrogen) atoms. The van der Waals surface area contributed by atoms with Crippen molar-refractivity contribution in [1.82, 2.24) is 19.4 Å². The smallest absolute Gasteiger partial charge is 0.273 e. The predicted octanol–water partition coefficient (Wildman–Crippen LogP) is 4.99. The van der Waals surface area contributed by atoms with Crippen LogP contribution in [0, 0.1) is 23.5 Å². The average molecular weight is 507 g/mol. The standard InChI is InChI=1S/C27H24F2N4O2S/c28-22-3-2-21(12-23(22)29)33-10-7-18-11-19(1-4-25(18)33)26(34)31-8-5-17(6-9-31)20-13-32(14-20)27(35)24-15-36-16-30-24/h1-4,7,10-12,15-17,20H,5-6,8-9,13-14H2. The number of hydrogen-bond acceptors (Lipinski definition) is 4. The number of hydrogen-bond donors (Lipinski definition) is 0. The quantitative estimate of drug-likeness (QED) is 0.392. The summed E-state index contributed by atoms with van der Waals surface area (Å²) < 4.78 is 28.8. The maximum atomic E-state index is 13.7. The SMILES string of the molecule is O=C(c1ccc2c(ccn2-c2ccc(F)c(F)c2)c1)N1CCC(C2CN(C(=O)c3cscn3)C2)CC1. The van der Waals surface area contributed by atoms with Gasteiger partial charge in [-0.25, -0.2) is 13.8 Å². The Morgan fingerprint density at radius 3 is 2.42 bits per heavy atom. The summed E-state index contributed by atoms with van der Waals surface area (Å²) in [6.07, 6.45) is 3.66. The highest BCUT2D eigenvalue weighted by Crippen LogP contribution is 2.33. The van der Waals surface area contributed by atoms with Gasteiger partial charge in [0.05, 0.1) is 11.0 Å². The van der Waals surface area contributed by atoms with Gasteiger partial charge in [-0.2, -0.15) is 0 Å². The predicted molar refractivity (Wildman–Crippen MR) is 133 cm³/mol. The van der Waals surface area contributed by atoms with Crippen LogP contribution in [0.4, 0.5) is 8.78 Å². The topological polar surface area (TPSA) is 58.4 Å². The van der Waals surface area contributed by atoms with Crippen LogP contribution in [0.2, 0.25) is 0 Å². The molecule has 2 aromatic heterocycles. The second kappa shape index (κ2) is 9.13. The van der Waals surface area contributed by atoms with E-state index in [9.17, 15) is 18.4 Å². The number of rotatable bonds is 4. The zero-order chi connectivity index (χ0) is 24.8. The van der Waals surface area contributed by atoms with E-state index in [2.05, 4.69) is 4.98 Å². The zero-order valence-corrected chi connectivity index (χ0v) is 20.3. The molecular weight excluding hydrogens is 482 g/mol. The molecule has 4 aromatic rings. The van der Waals surface area contributed by atoms with Crippen molar-refractivity contribution in [2.45, 2.75) is 12.8 Å². The molecule has 4 heterocycles. The molecule has 2 amide bonds. The molecule has 0 spiro atoms. The lowest BCUT2D eigenvalue weighted by Crippen LogP contribution is -2.54. The third-order valence-electron chi connectivity index (χ3n) is 7.46. The van der Waals surface area contributed by atoms with Gasteiger partial charge in [0.15, 0.2) is 11.6 Å². The van der Waals surface area contributed by atoms with Crippen molar-refractivity contribution < 1.29 is 18.4 Å². The summed E-state index contributed by atoms with van der Waals surface area (Å²) in [6, 6.07) is 11.2. The number of amides is 2. The van der Waals surface area contributed by atoms with Crippen LogP contribution < -0.4 is 0 Å². The molecular formula is C27H24F2N4O2S. The molecule has 9 heteroatoms. The van der Waals surface area contributed by atoms with Gasteiger partial charge in [-0.15, -0.1) is 11.3 Å². The first-order valence-electron chi connectivity index (χ1n) is 12.0. The Morgan fingerprint density at radius 2 is 1.69 bits per heavy atom. The van der Waals surface area contributed by atoms with E-state index in [1.807, 2.05) is 28.0 Å². The number of nitrogens with zero attached hydrogens (tertiary/aromatic N) is 4. The molecule has 2 aliphatic rings. The first-order chi connectivity index (χ1) is 17.5. The summed E-state index contributed by atoms with van der Waals surface area (Å²) in [5.74, 6) is -0.770. The zero-order valence-electron chi connectivity index (χ0n) is 19.4. The molecule has 6 nitrogen and oxygen atoms in total. The van der Waals surface area contributed by atoms with Gasteiger partial charge in [0.25, 0.3) is 11.8 Å². The van der Waals surface area contributed by atoms with E-state index in [1.165, 1.54) is 17.4 Å². The van der Waals surface area contributed by atoms with Crippen LogP contribution in [0.25, 0.3) is 16.6 Å². The monoisotopic (exact) mass is 506 g/mol. The minimum Gasteiger partial charge on any atom is -0.339 e. The fourth-order valence-corrected chi connectivity index (χ4v) is 5.87. The lowest BCUT2D eigenvalue weighted by molar-refractivity contribution is 0.0225. The number of fused-ring (bicyclic) bond motifs is 1. The second-order valence-corrected chi connectivity index (χ2v) is 10.2. The highest BCUT2D eigenvalue weighted by Gasteiger charge is 2.38. The Balaban J connectivity index is 1.08. The van der Waals surface area contributed by atoms with Gasteiger partial charge in [-0.3, -0.25) is 9.59 Å². The molecule has 184 valence electrons. The van der Waals surface area contributed by atoms with Gasteiger partial charge in [-0.1, -0.05) is 0 Å². The highest BCUT2D eigenvalue weighted by molar-refractivity contribution is 7.07. The molecule has 2 aliphatic heterocycles. The third-order valence-corrected chi connectivity index (χ3v) is 8.05. The first kappa shape index (κ1) is 22.8. The number of benzene rings is 2. The van der Waals surface area contributed by atoms with Crippen LogP contribution in [0.1, 0.15) is 33.7 Å². The van der Waals surface area contributed by atoms with Crippen LogP contribution in [0.5, 0.6) is 0 Å². The number of aromatic nitrogens is 2. The minimum absolute atomic E-state index is 0.00451. The Bertz CT molecular complexity index is 1440. The normalized spacial score (nSPS) is 16.9. The van der Waals surface area contributed by atoms with E-state index in [0.717, 1.165) is 49.0 Å². The molecule has 0 saturated carbocycles. The lowest BCUT2D eigenvalue weighted by Gasteiger charge is -2.45. The van der Waals surface area contributed by atoms with Crippen molar-refractivity contribution in [3.63, 3.8) is 0 Å². The van der Waals surface area contributed by atoms with Crippen LogP contribution in [0.15, 0.2) is 59.6 Å². The molecule has 0 unspecified atom stereocenters. The Labute approximate surface area is 210 Å². The molecule has 0 N–H and O–H groups in total. The third kappa shape index (κ3) is 4.07. The van der Waals surface area contributed by atoms with E-state index < -0.39 is 11.6 Å². The molecule has 6 rings (SSSR count). The largest absolute Gasteiger partial charge is 0.339 e. The first-order valence-corrected chi connectivity index (χ1v) is 13.0. The summed E-state index contributed by atoms with van der Waals surface area (Å²) in [4.78, 5) is 33.5. The van der Waals surface area contributed by atoms with Crippen molar-refractivity contribution in [3.05, 3.63) is 82.4 Å². The van der Waals surface area contributed by atoms with Crippen molar-refractivity contribution in [3.8, 4) is 5.69 Å². The Morgan fingerprint density at radius 1 is 0.889 bits per heavy atom. The fraction of sp³-hybridized carbons (Fsp3) is 0.296. The molecule has 0 atom stereocenters. The van der Waals surface area contributed by atoms with E-state index in [1.54, 1.807) is 27.7 Å². The molecule has 2 fully saturated rings. The maximum absolute atomic E-state index is 13.7. The number of thiazole rings is 1. The summed E-state index contributed by atoms with van der Waals surface area (Å²) in [7, 11) is 0. The number of halogens is 2. The summed E-state index contributed by atoms with van der Waals surface area (Å²) in [5.41, 5.74) is 4.16. The highest BCUT2D eigenvalue weighted by atomic mass is 32.1. The number of carbonyl (C=O) groups excluding carboxylic acids is 2. The van der Waals surface area contributed by atoms with Crippen LogP contribution in [-0.2, 0) is 0 Å². The molecule has 0 radical (unpaired) electrons. The van der Waals surface area contributed by atoms with E-state index in [0.29, 0.717) is 41.9 Å². The van der Waals surface area contributed by atoms with Gasteiger partial charge >= 0.3 is 0 Å². The van der Waals surface area contributed by atoms with E-state index in [4.69, 9.17) is 0 Å². The van der Waals surface area contributed by atoms with Crippen molar-refractivity contribution >= 4 is 34.1 Å². The average Bonchev–Trinajstić information content (AvgIpc) is 3.55. The van der Waals surface area contributed by atoms with Gasteiger partial charge in [0.2, 0.25) is 0 Å². The van der Waals surface area contributed by atoms with Crippen LogP contribution in [-0.4, -0.2) is 57.3 Å². The summed E-state index contributed by atoms with van der Waals surface area (Å²) in [6.45, 7) is 2.93. The number of carbonyl (C=O) groups is 2. The Kier molecular flexibility index (Phi) is 5.79. The van der Waals surface area contributed by atoms with E-state index in [-0.39, 0.29) is 11.8 Å². The molecule has 0 aliphatic carbocycles. The lowest BCUT2D eigenvalue weighted by atomic mass is 9.79. The van der Waals surface area contributed by atoms with Gasteiger partial charge in [0, 0.05) is 60.5 Å². The van der Waals surface area contributed by atoms with Gasteiger partial charge < -0.3 is 14.4 Å². The summed E-state index contributed by atoms with van der Waals surface area (Å²) in [5, 5.41) is 2.65. The second-order valence-electron chi connectivity index (χ2n) is 9.53. The van der Waals surface area contributed by atoms with Crippen molar-refractivity contribution in [1.29, 1.82) is 0 Å². The minimum atomic E-state index is -0.898. The molecule has 0 bridgehead atoms. The molecule has 2 aromatic carbocycles. The number of piperidine rings is 1. The Hall–Kier alpha value is -3.59. The fourth-order valence-electron chi connectivity index (χ4n) is 5.35. The van der Waals surface area contributed by atoms with Crippen LogP contribution in [0.3, 0.4) is 0 Å². The van der Waals surface area contributed by atoms with Crippen LogP contribution >= 0.6 is 11.3 Å². The summed E-state index contributed by atoms with van der Waals surface area (Å²) >= 11 is 1.43. The van der Waals surface area contributed by atoms with Crippen molar-refractivity contribution in [2.75, 3.05) is 26.2 Å². The molecule has 2 saturated heterocycles. The number of likely N-dealkylation sites (tertiary alicyclic amines) is 2. The van der Waals surface area contributed by atoms with Crippen molar-refractivity contribution in [2.24, 2.45) is 11.8 Å². The van der Waals surface area contributed by atoms with Gasteiger partial charge in [-0.05, 0) is 61.1 Å². The van der Waals surface area contributed by atoms with Gasteiger partial charge in [0.1, 0.15) is 5.69 Å².